The number of amides is 2. The van der Waals surface area contributed by atoms with Crippen LogP contribution in [0.3, 0.4) is 0 Å². The number of carbonyl (C=O) groups is 2. The van der Waals surface area contributed by atoms with Crippen LogP contribution < -0.4 is 5.32 Å². The molecule has 34 heavy (non-hydrogen) atoms. The fourth-order valence-electron chi connectivity index (χ4n) is 2.98. The fourth-order valence-corrected chi connectivity index (χ4v) is 2.98. The molecule has 0 spiro atoms. The number of nitrogens with zero attached hydrogens (tertiary/aromatic N) is 2. The van der Waals surface area contributed by atoms with E-state index in [-0.39, 0.29) is 11.8 Å². The van der Waals surface area contributed by atoms with Crippen LogP contribution in [0.15, 0.2) is 85.2 Å². The van der Waals surface area contributed by atoms with Crippen molar-refractivity contribution >= 4 is 11.8 Å². The Hall–Kier alpha value is -3.21. The van der Waals surface area contributed by atoms with E-state index in [1.54, 1.807) is 36.3 Å². The molecule has 1 heterocycles. The average molecular weight is 464 g/mol. The number of aromatic nitrogens is 1. The van der Waals surface area contributed by atoms with Crippen LogP contribution in [0.25, 0.3) is 0 Å². The molecule has 0 atom stereocenters. The molecular formula is C29H41N3O2. The van der Waals surface area contributed by atoms with E-state index >= 15 is 0 Å². The van der Waals surface area contributed by atoms with Gasteiger partial charge in [-0.15, -0.1) is 0 Å². The molecule has 0 aliphatic rings. The predicted octanol–water partition coefficient (Wildman–Crippen LogP) is 6.19. The Bertz CT molecular complexity index is 823. The topological polar surface area (TPSA) is 62.3 Å². The van der Waals surface area contributed by atoms with Crippen LogP contribution in [0.5, 0.6) is 0 Å². The molecule has 0 saturated carbocycles. The molecule has 5 heteroatoms. The Morgan fingerprint density at radius 2 is 1.47 bits per heavy atom. The minimum Gasteiger partial charge on any atom is -0.349 e. The van der Waals surface area contributed by atoms with Gasteiger partial charge in [-0.05, 0) is 57.1 Å². The van der Waals surface area contributed by atoms with Gasteiger partial charge in [0.05, 0.1) is 0 Å². The Kier molecular flexibility index (Phi) is 17.3. The van der Waals surface area contributed by atoms with Crippen molar-refractivity contribution in [3.05, 3.63) is 90.9 Å². The summed E-state index contributed by atoms with van der Waals surface area (Å²) < 4.78 is 0. The molecule has 1 N–H and O–H groups in total. The zero-order valence-electron chi connectivity index (χ0n) is 20.9. The lowest BCUT2D eigenvalue weighted by Gasteiger charge is -2.17. The van der Waals surface area contributed by atoms with E-state index in [0.717, 1.165) is 44.9 Å². The summed E-state index contributed by atoms with van der Waals surface area (Å²) >= 11 is 0. The molecule has 0 radical (unpaired) electrons. The van der Waals surface area contributed by atoms with Gasteiger partial charge in [0.1, 0.15) is 5.69 Å². The van der Waals surface area contributed by atoms with Gasteiger partial charge in [0.2, 0.25) is 5.91 Å². The van der Waals surface area contributed by atoms with E-state index < -0.39 is 0 Å². The summed E-state index contributed by atoms with van der Waals surface area (Å²) in [6, 6.07) is 5.20. The predicted molar refractivity (Wildman–Crippen MR) is 143 cm³/mol. The smallest absolute Gasteiger partial charge is 0.269 e. The molecule has 2 amide bonds. The zero-order chi connectivity index (χ0) is 24.7. The van der Waals surface area contributed by atoms with Gasteiger partial charge in [-0.1, -0.05) is 73.8 Å². The molecule has 1 rings (SSSR count). The molecule has 0 bridgehead atoms. The molecule has 0 aliphatic heterocycles. The Labute approximate surface area is 206 Å². The van der Waals surface area contributed by atoms with Crippen molar-refractivity contribution in [2.45, 2.75) is 58.3 Å². The first-order valence-electron chi connectivity index (χ1n) is 12.3. The quantitative estimate of drug-likeness (QED) is 0.221. The first-order valence-corrected chi connectivity index (χ1v) is 12.3. The number of rotatable bonds is 17. The Morgan fingerprint density at radius 3 is 2.03 bits per heavy atom. The maximum absolute atomic E-state index is 12.2. The molecule has 0 saturated heterocycles. The second-order valence-electron chi connectivity index (χ2n) is 7.89. The van der Waals surface area contributed by atoms with Crippen molar-refractivity contribution in [3.63, 3.8) is 0 Å². The van der Waals surface area contributed by atoms with Gasteiger partial charge >= 0.3 is 0 Å². The summed E-state index contributed by atoms with van der Waals surface area (Å²) in [5, 5.41) is 2.79. The maximum atomic E-state index is 12.2. The van der Waals surface area contributed by atoms with Crippen molar-refractivity contribution in [1.82, 2.24) is 15.2 Å². The normalized spacial score (nSPS) is 12.1. The van der Waals surface area contributed by atoms with Crippen molar-refractivity contribution < 1.29 is 9.59 Å². The van der Waals surface area contributed by atoms with Crippen LogP contribution >= 0.6 is 0 Å². The Morgan fingerprint density at radius 1 is 0.882 bits per heavy atom. The van der Waals surface area contributed by atoms with Crippen LogP contribution in [0.4, 0.5) is 0 Å². The van der Waals surface area contributed by atoms with E-state index in [1.165, 1.54) is 0 Å². The van der Waals surface area contributed by atoms with Crippen LogP contribution in [0, 0.1) is 0 Å². The molecule has 1 aromatic rings. The van der Waals surface area contributed by atoms with Gasteiger partial charge in [-0.25, -0.2) is 0 Å². The van der Waals surface area contributed by atoms with Crippen LogP contribution in [-0.2, 0) is 4.79 Å². The average Bonchev–Trinajstić information content (AvgIpc) is 2.86. The van der Waals surface area contributed by atoms with Gasteiger partial charge in [-0.3, -0.25) is 14.6 Å². The summed E-state index contributed by atoms with van der Waals surface area (Å²) in [6.07, 6.45) is 30.6. The van der Waals surface area contributed by atoms with Crippen LogP contribution in [0.1, 0.15) is 68.8 Å². The lowest BCUT2D eigenvalue weighted by Crippen LogP contribution is -2.36. The molecule has 0 fully saturated rings. The number of unbranched alkanes of at least 4 members (excludes halogenated alkanes) is 1. The van der Waals surface area contributed by atoms with Crippen molar-refractivity contribution in [3.8, 4) is 0 Å². The van der Waals surface area contributed by atoms with Gasteiger partial charge in [0.15, 0.2) is 0 Å². The minimum atomic E-state index is -0.222. The third-order valence-corrected chi connectivity index (χ3v) is 4.98. The first-order chi connectivity index (χ1) is 16.6. The van der Waals surface area contributed by atoms with Gasteiger partial charge in [0.25, 0.3) is 5.91 Å². The summed E-state index contributed by atoms with van der Waals surface area (Å²) in [4.78, 5) is 29.8. The van der Waals surface area contributed by atoms with E-state index in [9.17, 15) is 9.59 Å². The highest BCUT2D eigenvalue weighted by atomic mass is 16.2. The fraction of sp³-hybridized carbons (Fsp3) is 0.414. The number of allylic oxidation sites excluding steroid dienone is 10. The van der Waals surface area contributed by atoms with E-state index in [1.807, 2.05) is 0 Å². The van der Waals surface area contributed by atoms with Crippen molar-refractivity contribution in [2.24, 2.45) is 0 Å². The van der Waals surface area contributed by atoms with E-state index in [2.05, 4.69) is 78.0 Å². The highest BCUT2D eigenvalue weighted by Crippen LogP contribution is 2.02. The highest BCUT2D eigenvalue weighted by Gasteiger charge is 2.09. The van der Waals surface area contributed by atoms with Crippen molar-refractivity contribution in [1.29, 1.82) is 0 Å². The van der Waals surface area contributed by atoms with Gasteiger partial charge < -0.3 is 10.2 Å². The second kappa shape index (κ2) is 20.4. The summed E-state index contributed by atoms with van der Waals surface area (Å²) in [5.41, 5.74) is 0.383. The number of pyridine rings is 1. The number of carbonyl (C=O) groups excluding carboxylic acids is 2. The standard InChI is InChI=1S/C29H41N3O2/c1-3-4-5-6-7-8-9-10-11-12-13-14-15-16-17-18-19-23-28(33)32(2)26-25-31-29(34)27-22-20-21-24-30-27/h4-5,7-8,10-11,13-14,16-17,20-22,24H,3,6,9,12,15,18-19,23,25-26H2,1-2H3,(H,31,34). The van der Waals surface area contributed by atoms with E-state index in [0.29, 0.717) is 25.2 Å². The third kappa shape index (κ3) is 15.6. The molecular weight excluding hydrogens is 422 g/mol. The second-order valence-corrected chi connectivity index (χ2v) is 7.89. The minimum absolute atomic E-state index is 0.0967. The molecule has 5 nitrogen and oxygen atoms in total. The summed E-state index contributed by atoms with van der Waals surface area (Å²) in [7, 11) is 1.77. The van der Waals surface area contributed by atoms with Crippen LogP contribution in [0.2, 0.25) is 0 Å². The molecule has 0 aliphatic carbocycles. The molecule has 0 aromatic carbocycles. The number of nitrogens with one attached hydrogen (secondary N) is 1. The van der Waals surface area contributed by atoms with Gasteiger partial charge in [0, 0.05) is 32.8 Å². The maximum Gasteiger partial charge on any atom is 0.269 e. The monoisotopic (exact) mass is 463 g/mol. The molecule has 0 unspecified atom stereocenters. The third-order valence-electron chi connectivity index (χ3n) is 4.98. The van der Waals surface area contributed by atoms with Gasteiger partial charge in [-0.2, -0.15) is 0 Å². The lowest BCUT2D eigenvalue weighted by molar-refractivity contribution is -0.129. The number of hydrogen-bond donors (Lipinski definition) is 1. The number of likely N-dealkylation sites (N-methyl/N-ethyl adjacent to an activating group) is 1. The zero-order valence-corrected chi connectivity index (χ0v) is 20.9. The van der Waals surface area contributed by atoms with E-state index in [4.69, 9.17) is 0 Å². The largest absolute Gasteiger partial charge is 0.349 e. The lowest BCUT2D eigenvalue weighted by atomic mass is 10.2. The summed E-state index contributed by atoms with van der Waals surface area (Å²) in [5.74, 6) is -0.126. The van der Waals surface area contributed by atoms with Crippen LogP contribution in [-0.4, -0.2) is 41.8 Å². The first kappa shape index (κ1) is 28.8. The molecule has 184 valence electrons. The molecule has 1 aromatic heterocycles. The summed E-state index contributed by atoms with van der Waals surface area (Å²) in [6.45, 7) is 3.04. The number of hydrogen-bond acceptors (Lipinski definition) is 3. The SMILES string of the molecule is CCC=CCC=CCC=CCC=CCC=CCCCC(=O)N(C)CCNC(=O)c1ccccn1. The Balaban J connectivity index is 2.02. The van der Waals surface area contributed by atoms with Crippen molar-refractivity contribution in [2.75, 3.05) is 20.1 Å². The highest BCUT2D eigenvalue weighted by molar-refractivity contribution is 5.92.